The Balaban J connectivity index is 1.69. The summed E-state index contributed by atoms with van der Waals surface area (Å²) >= 11 is 0. The molecule has 2 N–H and O–H groups in total. The van der Waals surface area contributed by atoms with E-state index in [0.29, 0.717) is 17.3 Å². The molecular weight excluding hydrogens is 388 g/mol. The smallest absolute Gasteiger partial charge is 0.227 e. The van der Waals surface area contributed by atoms with Gasteiger partial charge in [0, 0.05) is 35.3 Å². The van der Waals surface area contributed by atoms with E-state index in [9.17, 15) is 13.5 Å². The summed E-state index contributed by atoms with van der Waals surface area (Å²) in [6, 6.07) is 10.5. The number of para-hydroxylation sites is 1. The molecule has 29 heavy (non-hydrogen) atoms. The van der Waals surface area contributed by atoms with Crippen LogP contribution in [0.1, 0.15) is 24.6 Å². The van der Waals surface area contributed by atoms with E-state index in [0.717, 1.165) is 29.7 Å². The highest BCUT2D eigenvalue weighted by Gasteiger charge is 2.35. The van der Waals surface area contributed by atoms with Crippen LogP contribution in [0.2, 0.25) is 0 Å². The fourth-order valence-corrected chi connectivity index (χ4v) is 4.49. The third kappa shape index (κ3) is 3.73. The Labute approximate surface area is 169 Å². The molecule has 2 aromatic heterocycles. The molecule has 0 bridgehead atoms. The highest BCUT2D eigenvalue weighted by molar-refractivity contribution is 7.90. The van der Waals surface area contributed by atoms with Crippen LogP contribution in [0.5, 0.6) is 0 Å². The second-order valence-corrected chi connectivity index (χ2v) is 9.58. The molecule has 0 amide bonds. The Morgan fingerprint density at radius 3 is 2.76 bits per heavy atom. The summed E-state index contributed by atoms with van der Waals surface area (Å²) in [5.74, 6) is 0.295. The van der Waals surface area contributed by atoms with E-state index in [-0.39, 0.29) is 16.9 Å². The first-order valence-electron chi connectivity index (χ1n) is 9.30. The van der Waals surface area contributed by atoms with E-state index in [4.69, 9.17) is 0 Å². The standard InChI is InChI=1S/C21H22N4O3S/c1-21(13-26)9-7-17-15(21)11-14(12-23-17)16-8-10-22-20(24-16)25-18-5-3-4-6-19(18)29(2,27)28/h3-6,8,10-12,26H,7,9,13H2,1-2H3,(H,22,24,25). The van der Waals surface area contributed by atoms with Gasteiger partial charge in [-0.05, 0) is 42.7 Å². The summed E-state index contributed by atoms with van der Waals surface area (Å²) in [6.07, 6.45) is 6.28. The number of pyridine rings is 1. The average molecular weight is 410 g/mol. The lowest BCUT2D eigenvalue weighted by Crippen LogP contribution is -2.23. The summed E-state index contributed by atoms with van der Waals surface area (Å²) in [5, 5.41) is 12.8. The van der Waals surface area contributed by atoms with Gasteiger partial charge in [-0.25, -0.2) is 18.4 Å². The molecule has 1 atom stereocenters. The quantitative estimate of drug-likeness (QED) is 0.666. The van der Waals surface area contributed by atoms with Crippen molar-refractivity contribution in [3.63, 3.8) is 0 Å². The van der Waals surface area contributed by atoms with Gasteiger partial charge in [-0.1, -0.05) is 19.1 Å². The summed E-state index contributed by atoms with van der Waals surface area (Å²) in [7, 11) is -3.39. The summed E-state index contributed by atoms with van der Waals surface area (Å²) in [4.78, 5) is 13.5. The van der Waals surface area contributed by atoms with Gasteiger partial charge in [0.05, 0.1) is 22.9 Å². The SMILES string of the molecule is CC1(CO)CCc2ncc(-c3ccnc(Nc4ccccc4S(C)(=O)=O)n3)cc21. The van der Waals surface area contributed by atoms with Crippen molar-refractivity contribution in [3.8, 4) is 11.3 Å². The molecule has 4 rings (SSSR count). The third-order valence-electron chi connectivity index (χ3n) is 5.37. The van der Waals surface area contributed by atoms with Crippen LogP contribution in [0.3, 0.4) is 0 Å². The number of anilines is 2. The van der Waals surface area contributed by atoms with Crippen LogP contribution in [-0.2, 0) is 21.7 Å². The van der Waals surface area contributed by atoms with Crippen LogP contribution in [-0.4, -0.2) is 41.3 Å². The molecule has 1 aliphatic rings. The third-order valence-corrected chi connectivity index (χ3v) is 6.52. The summed E-state index contributed by atoms with van der Waals surface area (Å²) in [5.41, 5.74) is 3.69. The van der Waals surface area contributed by atoms with Crippen molar-refractivity contribution in [1.29, 1.82) is 0 Å². The fourth-order valence-electron chi connectivity index (χ4n) is 3.64. The number of sulfone groups is 1. The fraction of sp³-hybridized carbons (Fsp3) is 0.286. The number of rotatable bonds is 5. The molecule has 0 spiro atoms. The zero-order valence-corrected chi connectivity index (χ0v) is 17.1. The predicted octanol–water partition coefficient (Wildman–Crippen LogP) is 2.88. The van der Waals surface area contributed by atoms with E-state index in [1.807, 2.05) is 13.0 Å². The van der Waals surface area contributed by atoms with Gasteiger partial charge in [0.15, 0.2) is 9.84 Å². The van der Waals surface area contributed by atoms with Crippen molar-refractivity contribution in [3.05, 3.63) is 60.0 Å². The number of aliphatic hydroxyl groups excluding tert-OH is 1. The molecular formula is C21H22N4O3S. The topological polar surface area (TPSA) is 105 Å². The molecule has 1 aliphatic carbocycles. The van der Waals surface area contributed by atoms with Gasteiger partial charge < -0.3 is 10.4 Å². The van der Waals surface area contributed by atoms with Crippen LogP contribution >= 0.6 is 0 Å². The minimum absolute atomic E-state index is 0.0734. The number of hydrogen-bond acceptors (Lipinski definition) is 7. The maximum atomic E-state index is 12.0. The first-order chi connectivity index (χ1) is 13.8. The van der Waals surface area contributed by atoms with Gasteiger partial charge in [-0.2, -0.15) is 0 Å². The predicted molar refractivity (Wildman–Crippen MR) is 111 cm³/mol. The molecule has 0 radical (unpaired) electrons. The minimum atomic E-state index is -3.39. The number of aliphatic hydroxyl groups is 1. The van der Waals surface area contributed by atoms with Gasteiger partial charge in [0.25, 0.3) is 0 Å². The largest absolute Gasteiger partial charge is 0.395 e. The molecule has 0 fully saturated rings. The highest BCUT2D eigenvalue weighted by Crippen LogP contribution is 2.39. The van der Waals surface area contributed by atoms with E-state index in [2.05, 4.69) is 20.3 Å². The number of nitrogens with zero attached hydrogens (tertiary/aromatic N) is 3. The lowest BCUT2D eigenvalue weighted by molar-refractivity contribution is 0.206. The normalized spacial score (nSPS) is 18.4. The number of aryl methyl sites for hydroxylation is 1. The van der Waals surface area contributed by atoms with E-state index >= 15 is 0 Å². The molecule has 150 valence electrons. The number of aromatic nitrogens is 3. The van der Waals surface area contributed by atoms with Crippen LogP contribution in [0.15, 0.2) is 53.7 Å². The average Bonchev–Trinajstić information content (AvgIpc) is 3.05. The molecule has 7 nitrogen and oxygen atoms in total. The number of fused-ring (bicyclic) bond motifs is 1. The van der Waals surface area contributed by atoms with Crippen molar-refractivity contribution in [1.82, 2.24) is 15.0 Å². The molecule has 3 aromatic rings. The van der Waals surface area contributed by atoms with E-state index < -0.39 is 9.84 Å². The lowest BCUT2D eigenvalue weighted by atomic mass is 9.85. The second kappa shape index (κ2) is 7.20. The maximum Gasteiger partial charge on any atom is 0.227 e. The van der Waals surface area contributed by atoms with Crippen LogP contribution in [0, 0.1) is 0 Å². The Morgan fingerprint density at radius 2 is 2.00 bits per heavy atom. The first kappa shape index (κ1) is 19.5. The number of benzene rings is 1. The molecule has 0 saturated heterocycles. The van der Waals surface area contributed by atoms with Crippen LogP contribution in [0.4, 0.5) is 11.6 Å². The number of nitrogens with one attached hydrogen (secondary N) is 1. The Hall–Kier alpha value is -2.84. The molecule has 8 heteroatoms. The Bertz CT molecular complexity index is 1180. The molecule has 0 saturated carbocycles. The van der Waals surface area contributed by atoms with Crippen molar-refractivity contribution >= 4 is 21.5 Å². The van der Waals surface area contributed by atoms with Gasteiger partial charge in [-0.3, -0.25) is 4.98 Å². The number of hydrogen-bond donors (Lipinski definition) is 2. The summed E-state index contributed by atoms with van der Waals surface area (Å²) in [6.45, 7) is 2.11. The molecule has 0 aliphatic heterocycles. The van der Waals surface area contributed by atoms with Crippen molar-refractivity contribution in [2.75, 3.05) is 18.2 Å². The van der Waals surface area contributed by atoms with Crippen LogP contribution < -0.4 is 5.32 Å². The molecule has 1 unspecified atom stereocenters. The zero-order valence-electron chi connectivity index (χ0n) is 16.3. The Morgan fingerprint density at radius 1 is 1.21 bits per heavy atom. The minimum Gasteiger partial charge on any atom is -0.395 e. The van der Waals surface area contributed by atoms with Crippen LogP contribution in [0.25, 0.3) is 11.3 Å². The lowest BCUT2D eigenvalue weighted by Gasteiger charge is -2.22. The van der Waals surface area contributed by atoms with Crippen molar-refractivity contribution in [2.24, 2.45) is 0 Å². The van der Waals surface area contributed by atoms with Gasteiger partial charge in [0.2, 0.25) is 5.95 Å². The maximum absolute atomic E-state index is 12.0. The van der Waals surface area contributed by atoms with Crippen molar-refractivity contribution < 1.29 is 13.5 Å². The molecule has 2 heterocycles. The highest BCUT2D eigenvalue weighted by atomic mass is 32.2. The second-order valence-electron chi connectivity index (χ2n) is 7.60. The first-order valence-corrected chi connectivity index (χ1v) is 11.2. The van der Waals surface area contributed by atoms with E-state index in [1.165, 1.54) is 6.26 Å². The van der Waals surface area contributed by atoms with Crippen molar-refractivity contribution in [2.45, 2.75) is 30.1 Å². The van der Waals surface area contributed by atoms with Gasteiger partial charge in [0.1, 0.15) is 0 Å². The van der Waals surface area contributed by atoms with Gasteiger partial charge >= 0.3 is 0 Å². The summed E-state index contributed by atoms with van der Waals surface area (Å²) < 4.78 is 24.0. The monoisotopic (exact) mass is 410 g/mol. The Kier molecular flexibility index (Phi) is 4.84. The zero-order chi connectivity index (χ0) is 20.6. The van der Waals surface area contributed by atoms with Gasteiger partial charge in [-0.15, -0.1) is 0 Å². The molecule has 1 aromatic carbocycles. The van der Waals surface area contributed by atoms with E-state index in [1.54, 1.807) is 42.7 Å².